The van der Waals surface area contributed by atoms with Gasteiger partial charge in [0.25, 0.3) is 5.91 Å². The third-order valence-electron chi connectivity index (χ3n) is 5.05. The van der Waals surface area contributed by atoms with Crippen LogP contribution in [0, 0.1) is 0 Å². The van der Waals surface area contributed by atoms with Crippen LogP contribution in [0.3, 0.4) is 0 Å². The van der Waals surface area contributed by atoms with Gasteiger partial charge in [-0.3, -0.25) is 4.79 Å². The fraction of sp³-hybridized carbons (Fsp3) is 0.667. The van der Waals surface area contributed by atoms with Gasteiger partial charge in [0.15, 0.2) is 0 Å². The van der Waals surface area contributed by atoms with Gasteiger partial charge in [-0.15, -0.1) is 0 Å². The van der Waals surface area contributed by atoms with Gasteiger partial charge in [-0.25, -0.2) is 4.98 Å². The molecule has 0 spiro atoms. The molecule has 1 unspecified atom stereocenters. The van der Waals surface area contributed by atoms with Crippen molar-refractivity contribution in [2.24, 2.45) is 0 Å². The highest BCUT2D eigenvalue weighted by molar-refractivity contribution is 5.99. The van der Waals surface area contributed by atoms with Crippen molar-refractivity contribution in [2.75, 3.05) is 11.4 Å². The first kappa shape index (κ1) is 15.3. The predicted octanol–water partition coefficient (Wildman–Crippen LogP) is 3.52. The number of rotatable bonds is 3. The van der Waals surface area contributed by atoms with E-state index in [2.05, 4.69) is 22.1 Å². The molecule has 2 heterocycles. The van der Waals surface area contributed by atoms with Crippen LogP contribution in [0.15, 0.2) is 18.3 Å². The number of aromatic nitrogens is 1. The molecule has 1 N–H and O–H groups in total. The summed E-state index contributed by atoms with van der Waals surface area (Å²) in [6.45, 7) is 3.23. The Balaban J connectivity index is 1.76. The summed E-state index contributed by atoms with van der Waals surface area (Å²) in [5.41, 5.74) is 0.738. The first-order valence-electron chi connectivity index (χ1n) is 8.78. The SMILES string of the molecule is CC1CCCCN1c1ncccc1C(=O)NC1CCCCC1. The highest BCUT2D eigenvalue weighted by Gasteiger charge is 2.25. The van der Waals surface area contributed by atoms with Crippen LogP contribution < -0.4 is 10.2 Å². The molecule has 1 aromatic heterocycles. The highest BCUT2D eigenvalue weighted by atomic mass is 16.1. The fourth-order valence-electron chi connectivity index (χ4n) is 3.73. The summed E-state index contributed by atoms with van der Waals surface area (Å²) >= 11 is 0. The highest BCUT2D eigenvalue weighted by Crippen LogP contribution is 2.26. The molecule has 2 fully saturated rings. The third-order valence-corrected chi connectivity index (χ3v) is 5.05. The second-order valence-corrected chi connectivity index (χ2v) is 6.72. The first-order chi connectivity index (χ1) is 10.8. The van der Waals surface area contributed by atoms with Crippen LogP contribution in [0.4, 0.5) is 5.82 Å². The number of carbonyl (C=O) groups excluding carboxylic acids is 1. The van der Waals surface area contributed by atoms with Crippen molar-refractivity contribution < 1.29 is 4.79 Å². The standard InChI is InChI=1S/C18H27N3O/c1-14-8-5-6-13-21(14)17-16(11-7-12-19-17)18(22)20-15-9-3-2-4-10-15/h7,11-12,14-15H,2-6,8-10,13H2,1H3,(H,20,22). The lowest BCUT2D eigenvalue weighted by molar-refractivity contribution is 0.0927. The van der Waals surface area contributed by atoms with Crippen LogP contribution in [0.2, 0.25) is 0 Å². The molecule has 22 heavy (non-hydrogen) atoms. The molecule has 1 aromatic rings. The van der Waals surface area contributed by atoms with Crippen molar-refractivity contribution in [3.8, 4) is 0 Å². The normalized spacial score (nSPS) is 23.3. The van der Waals surface area contributed by atoms with E-state index in [1.165, 1.54) is 38.5 Å². The zero-order valence-corrected chi connectivity index (χ0v) is 13.6. The van der Waals surface area contributed by atoms with Crippen molar-refractivity contribution in [1.82, 2.24) is 10.3 Å². The summed E-state index contributed by atoms with van der Waals surface area (Å²) < 4.78 is 0. The molecule has 1 atom stereocenters. The average Bonchev–Trinajstić information content (AvgIpc) is 2.56. The molecule has 0 aromatic carbocycles. The molecule has 0 radical (unpaired) electrons. The lowest BCUT2D eigenvalue weighted by Gasteiger charge is -2.35. The van der Waals surface area contributed by atoms with Gasteiger partial charge in [-0.05, 0) is 51.2 Å². The van der Waals surface area contributed by atoms with Gasteiger partial charge in [0, 0.05) is 24.8 Å². The van der Waals surface area contributed by atoms with Gasteiger partial charge in [-0.1, -0.05) is 19.3 Å². The minimum atomic E-state index is 0.0489. The number of piperidine rings is 1. The van der Waals surface area contributed by atoms with Gasteiger partial charge < -0.3 is 10.2 Å². The molecule has 120 valence electrons. The topological polar surface area (TPSA) is 45.2 Å². The number of anilines is 1. The molecule has 1 aliphatic heterocycles. The van der Waals surface area contributed by atoms with Gasteiger partial charge in [0.1, 0.15) is 5.82 Å². The van der Waals surface area contributed by atoms with E-state index < -0.39 is 0 Å². The lowest BCUT2D eigenvalue weighted by Crippen LogP contribution is -2.41. The van der Waals surface area contributed by atoms with E-state index in [1.807, 2.05) is 12.1 Å². The van der Waals surface area contributed by atoms with Gasteiger partial charge in [0.05, 0.1) is 5.56 Å². The smallest absolute Gasteiger partial charge is 0.255 e. The molecule has 2 aliphatic rings. The van der Waals surface area contributed by atoms with Crippen molar-refractivity contribution >= 4 is 11.7 Å². The Labute approximate surface area is 133 Å². The summed E-state index contributed by atoms with van der Waals surface area (Å²) in [5, 5.41) is 3.22. The monoisotopic (exact) mass is 301 g/mol. The van der Waals surface area contributed by atoms with Crippen molar-refractivity contribution in [2.45, 2.75) is 70.4 Å². The number of amides is 1. The number of nitrogens with one attached hydrogen (secondary N) is 1. The number of nitrogens with zero attached hydrogens (tertiary/aromatic N) is 2. The molecule has 1 amide bonds. The molecule has 1 saturated heterocycles. The number of carbonyl (C=O) groups is 1. The van der Waals surface area contributed by atoms with E-state index in [4.69, 9.17) is 0 Å². The molecule has 4 heteroatoms. The first-order valence-corrected chi connectivity index (χ1v) is 8.78. The second kappa shape index (κ2) is 7.12. The quantitative estimate of drug-likeness (QED) is 0.929. The molecule has 0 bridgehead atoms. The maximum Gasteiger partial charge on any atom is 0.255 e. The number of hydrogen-bond acceptors (Lipinski definition) is 3. The van der Waals surface area contributed by atoms with E-state index in [-0.39, 0.29) is 5.91 Å². The molecule has 4 nitrogen and oxygen atoms in total. The van der Waals surface area contributed by atoms with Gasteiger partial charge >= 0.3 is 0 Å². The van der Waals surface area contributed by atoms with Gasteiger partial charge in [-0.2, -0.15) is 0 Å². The molecule has 3 rings (SSSR count). The van der Waals surface area contributed by atoms with Gasteiger partial charge in [0.2, 0.25) is 0 Å². The van der Waals surface area contributed by atoms with Crippen LogP contribution in [-0.2, 0) is 0 Å². The minimum Gasteiger partial charge on any atom is -0.353 e. The Morgan fingerprint density at radius 1 is 1.18 bits per heavy atom. The minimum absolute atomic E-state index is 0.0489. The summed E-state index contributed by atoms with van der Waals surface area (Å²) in [4.78, 5) is 19.5. The van der Waals surface area contributed by atoms with Crippen molar-refractivity contribution in [3.63, 3.8) is 0 Å². The third kappa shape index (κ3) is 3.42. The summed E-state index contributed by atoms with van der Waals surface area (Å²) in [7, 11) is 0. The predicted molar refractivity (Wildman–Crippen MR) is 89.2 cm³/mol. The van der Waals surface area contributed by atoms with Crippen LogP contribution in [0.1, 0.15) is 68.6 Å². The number of pyridine rings is 1. The van der Waals surface area contributed by atoms with E-state index in [0.717, 1.165) is 30.8 Å². The molecular weight excluding hydrogens is 274 g/mol. The van der Waals surface area contributed by atoms with Crippen LogP contribution in [-0.4, -0.2) is 29.5 Å². The maximum absolute atomic E-state index is 12.7. The largest absolute Gasteiger partial charge is 0.353 e. The molecular formula is C18H27N3O. The maximum atomic E-state index is 12.7. The Morgan fingerprint density at radius 2 is 1.95 bits per heavy atom. The van der Waals surface area contributed by atoms with Crippen molar-refractivity contribution in [1.29, 1.82) is 0 Å². The Kier molecular flexibility index (Phi) is 4.96. The van der Waals surface area contributed by atoms with E-state index in [0.29, 0.717) is 12.1 Å². The van der Waals surface area contributed by atoms with E-state index >= 15 is 0 Å². The Hall–Kier alpha value is -1.58. The van der Waals surface area contributed by atoms with Crippen LogP contribution >= 0.6 is 0 Å². The van der Waals surface area contributed by atoms with E-state index in [1.54, 1.807) is 6.20 Å². The summed E-state index contributed by atoms with van der Waals surface area (Å²) in [6, 6.07) is 4.59. The van der Waals surface area contributed by atoms with Crippen molar-refractivity contribution in [3.05, 3.63) is 23.9 Å². The number of hydrogen-bond donors (Lipinski definition) is 1. The summed E-state index contributed by atoms with van der Waals surface area (Å²) in [6.07, 6.45) is 11.4. The zero-order valence-electron chi connectivity index (χ0n) is 13.6. The fourth-order valence-corrected chi connectivity index (χ4v) is 3.73. The molecule has 1 saturated carbocycles. The van der Waals surface area contributed by atoms with E-state index in [9.17, 15) is 4.79 Å². The van der Waals surface area contributed by atoms with Crippen LogP contribution in [0.5, 0.6) is 0 Å². The lowest BCUT2D eigenvalue weighted by atomic mass is 9.95. The average molecular weight is 301 g/mol. The second-order valence-electron chi connectivity index (χ2n) is 6.72. The van der Waals surface area contributed by atoms with Crippen LogP contribution in [0.25, 0.3) is 0 Å². The molecule has 1 aliphatic carbocycles. The summed E-state index contributed by atoms with van der Waals surface area (Å²) in [5.74, 6) is 0.913. The Morgan fingerprint density at radius 3 is 2.73 bits per heavy atom. The Bertz CT molecular complexity index is 511. The zero-order chi connectivity index (χ0) is 15.4.